The highest BCUT2D eigenvalue weighted by atomic mass is 32.2. The van der Waals surface area contributed by atoms with Gasteiger partial charge in [-0.3, -0.25) is 4.79 Å². The van der Waals surface area contributed by atoms with Crippen molar-refractivity contribution in [2.45, 2.75) is 38.0 Å². The van der Waals surface area contributed by atoms with Gasteiger partial charge in [-0.2, -0.15) is 0 Å². The van der Waals surface area contributed by atoms with Crippen molar-refractivity contribution < 1.29 is 4.79 Å². The van der Waals surface area contributed by atoms with Crippen molar-refractivity contribution in [3.8, 4) is 0 Å². The largest absolute Gasteiger partial charge is 0.325 e. The Morgan fingerprint density at radius 1 is 1.19 bits per heavy atom. The van der Waals surface area contributed by atoms with E-state index in [4.69, 9.17) is 0 Å². The van der Waals surface area contributed by atoms with Gasteiger partial charge in [-0.05, 0) is 51.0 Å². The number of thioether (sulfide) groups is 1. The summed E-state index contributed by atoms with van der Waals surface area (Å²) in [7, 11) is 0. The highest BCUT2D eigenvalue weighted by Crippen LogP contribution is 2.25. The van der Waals surface area contributed by atoms with E-state index in [0.29, 0.717) is 0 Å². The smallest absolute Gasteiger partial charge is 0.237 e. The van der Waals surface area contributed by atoms with E-state index in [0.717, 1.165) is 21.8 Å². The van der Waals surface area contributed by atoms with Crippen LogP contribution in [0.3, 0.4) is 0 Å². The van der Waals surface area contributed by atoms with Gasteiger partial charge in [-0.15, -0.1) is 0 Å². The molecule has 1 atom stereocenters. The first-order valence-corrected chi connectivity index (χ1v) is 7.81. The van der Waals surface area contributed by atoms with Gasteiger partial charge in [0, 0.05) is 11.9 Å². The summed E-state index contributed by atoms with van der Waals surface area (Å²) in [5.41, 5.74) is 4.31. The Kier molecular flexibility index (Phi) is 5.02. The van der Waals surface area contributed by atoms with Crippen molar-refractivity contribution in [3.63, 3.8) is 0 Å². The van der Waals surface area contributed by atoms with Gasteiger partial charge < -0.3 is 5.32 Å². The third kappa shape index (κ3) is 4.08. The van der Waals surface area contributed by atoms with Crippen LogP contribution in [0.25, 0.3) is 0 Å². The van der Waals surface area contributed by atoms with Crippen LogP contribution < -0.4 is 5.32 Å². The average Bonchev–Trinajstić information content (AvgIpc) is 2.43. The van der Waals surface area contributed by atoms with Crippen LogP contribution in [-0.4, -0.2) is 16.1 Å². The molecule has 0 aliphatic rings. The molecule has 0 unspecified atom stereocenters. The molecule has 1 heterocycles. The first-order chi connectivity index (χ1) is 9.97. The minimum absolute atomic E-state index is 0.000654. The fourth-order valence-electron chi connectivity index (χ4n) is 2.25. The summed E-state index contributed by atoms with van der Waals surface area (Å²) in [6, 6.07) is 9.87. The van der Waals surface area contributed by atoms with Crippen LogP contribution in [-0.2, 0) is 4.79 Å². The van der Waals surface area contributed by atoms with Crippen molar-refractivity contribution in [2.24, 2.45) is 0 Å². The molecule has 1 aromatic carbocycles. The van der Waals surface area contributed by atoms with Crippen LogP contribution in [0.15, 0.2) is 41.6 Å². The number of nitrogens with zero attached hydrogens (tertiary/aromatic N) is 1. The summed E-state index contributed by atoms with van der Waals surface area (Å²) in [6.07, 6.45) is 1.74. The molecule has 0 spiro atoms. The predicted molar refractivity (Wildman–Crippen MR) is 88.8 cm³/mol. The summed E-state index contributed by atoms with van der Waals surface area (Å²) >= 11 is 1.46. The number of rotatable bonds is 4. The number of hydrogen-bond acceptors (Lipinski definition) is 3. The number of nitrogens with one attached hydrogen (secondary N) is 1. The van der Waals surface area contributed by atoms with E-state index in [-0.39, 0.29) is 11.2 Å². The van der Waals surface area contributed by atoms with E-state index in [9.17, 15) is 4.79 Å². The Morgan fingerprint density at radius 2 is 1.86 bits per heavy atom. The van der Waals surface area contributed by atoms with Crippen LogP contribution in [0.1, 0.15) is 23.6 Å². The van der Waals surface area contributed by atoms with Crippen molar-refractivity contribution in [1.29, 1.82) is 0 Å². The van der Waals surface area contributed by atoms with Gasteiger partial charge in [0.25, 0.3) is 0 Å². The van der Waals surface area contributed by atoms with Crippen LogP contribution in [0.2, 0.25) is 0 Å². The maximum atomic E-state index is 12.3. The molecule has 110 valence electrons. The second-order valence-corrected chi connectivity index (χ2v) is 6.55. The van der Waals surface area contributed by atoms with Crippen LogP contribution in [0, 0.1) is 20.8 Å². The molecule has 3 nitrogen and oxygen atoms in total. The number of aryl methyl sites for hydroxylation is 3. The molecule has 0 aliphatic heterocycles. The van der Waals surface area contributed by atoms with Crippen LogP contribution in [0.5, 0.6) is 0 Å². The minimum atomic E-state index is -0.194. The van der Waals surface area contributed by atoms with Gasteiger partial charge in [0.15, 0.2) is 0 Å². The van der Waals surface area contributed by atoms with E-state index < -0.39 is 0 Å². The van der Waals surface area contributed by atoms with Crippen molar-refractivity contribution >= 4 is 23.4 Å². The lowest BCUT2D eigenvalue weighted by Crippen LogP contribution is -2.23. The molecule has 1 N–H and O–H groups in total. The third-order valence-electron chi connectivity index (χ3n) is 3.23. The molecule has 0 saturated carbocycles. The van der Waals surface area contributed by atoms with E-state index in [1.54, 1.807) is 6.20 Å². The van der Waals surface area contributed by atoms with E-state index in [2.05, 4.69) is 29.4 Å². The van der Waals surface area contributed by atoms with Gasteiger partial charge >= 0.3 is 0 Å². The summed E-state index contributed by atoms with van der Waals surface area (Å²) < 4.78 is 0. The Balaban J connectivity index is 2.08. The molecule has 21 heavy (non-hydrogen) atoms. The van der Waals surface area contributed by atoms with Gasteiger partial charge in [0.05, 0.1) is 10.3 Å². The summed E-state index contributed by atoms with van der Waals surface area (Å²) in [4.78, 5) is 16.6. The molecule has 0 bridgehead atoms. The standard InChI is InChI=1S/C17H20N2OS/c1-11-9-12(2)16(13(3)10-11)19-17(20)14(4)21-15-7-5-6-8-18-15/h5-10,14H,1-4H3,(H,19,20)/t14-/m1/s1. The first kappa shape index (κ1) is 15.6. The zero-order chi connectivity index (χ0) is 15.4. The molecular weight excluding hydrogens is 280 g/mol. The average molecular weight is 300 g/mol. The molecule has 0 radical (unpaired) electrons. The Bertz CT molecular complexity index is 617. The van der Waals surface area contributed by atoms with Crippen LogP contribution >= 0.6 is 11.8 Å². The minimum Gasteiger partial charge on any atom is -0.325 e. The molecule has 1 aromatic heterocycles. The van der Waals surface area contributed by atoms with E-state index in [1.165, 1.54) is 17.3 Å². The SMILES string of the molecule is Cc1cc(C)c(NC(=O)[C@@H](C)Sc2ccccn2)c(C)c1. The maximum Gasteiger partial charge on any atom is 0.237 e. The number of amides is 1. The molecule has 2 aromatic rings. The summed E-state index contributed by atoms with van der Waals surface area (Å²) in [6.45, 7) is 8.00. The molecule has 0 saturated heterocycles. The summed E-state index contributed by atoms with van der Waals surface area (Å²) in [5, 5.41) is 3.70. The number of pyridine rings is 1. The van der Waals surface area contributed by atoms with Gasteiger partial charge in [-0.1, -0.05) is 35.5 Å². The second kappa shape index (κ2) is 6.76. The van der Waals surface area contributed by atoms with Crippen LogP contribution in [0.4, 0.5) is 5.69 Å². The number of hydrogen-bond donors (Lipinski definition) is 1. The summed E-state index contributed by atoms with van der Waals surface area (Å²) in [5.74, 6) is 0.000654. The number of carbonyl (C=O) groups excluding carboxylic acids is 1. The number of anilines is 1. The topological polar surface area (TPSA) is 42.0 Å². The Hall–Kier alpha value is -1.81. The quantitative estimate of drug-likeness (QED) is 0.863. The Labute approximate surface area is 130 Å². The zero-order valence-electron chi connectivity index (χ0n) is 12.8. The fraction of sp³-hybridized carbons (Fsp3) is 0.294. The van der Waals surface area contributed by atoms with Gasteiger partial charge in [0.1, 0.15) is 0 Å². The normalized spacial score (nSPS) is 12.0. The van der Waals surface area contributed by atoms with E-state index >= 15 is 0 Å². The Morgan fingerprint density at radius 3 is 2.43 bits per heavy atom. The van der Waals surface area contributed by atoms with Crippen molar-refractivity contribution in [2.75, 3.05) is 5.32 Å². The first-order valence-electron chi connectivity index (χ1n) is 6.94. The molecular formula is C17H20N2OS. The number of benzene rings is 1. The zero-order valence-corrected chi connectivity index (χ0v) is 13.6. The third-order valence-corrected chi connectivity index (χ3v) is 4.28. The van der Waals surface area contributed by atoms with Gasteiger partial charge in [-0.25, -0.2) is 4.98 Å². The maximum absolute atomic E-state index is 12.3. The number of carbonyl (C=O) groups is 1. The lowest BCUT2D eigenvalue weighted by molar-refractivity contribution is -0.115. The molecule has 4 heteroatoms. The van der Waals surface area contributed by atoms with E-state index in [1.807, 2.05) is 39.0 Å². The molecule has 0 aliphatic carbocycles. The second-order valence-electron chi connectivity index (χ2n) is 5.19. The van der Waals surface area contributed by atoms with Gasteiger partial charge in [0.2, 0.25) is 5.91 Å². The lowest BCUT2D eigenvalue weighted by atomic mass is 10.1. The fourth-order valence-corrected chi connectivity index (χ4v) is 3.06. The monoisotopic (exact) mass is 300 g/mol. The lowest BCUT2D eigenvalue weighted by Gasteiger charge is -2.16. The molecule has 0 fully saturated rings. The highest BCUT2D eigenvalue weighted by molar-refractivity contribution is 8.00. The number of aromatic nitrogens is 1. The molecule has 1 amide bonds. The van der Waals surface area contributed by atoms with Crippen molar-refractivity contribution in [3.05, 3.63) is 53.2 Å². The highest BCUT2D eigenvalue weighted by Gasteiger charge is 2.16. The van der Waals surface area contributed by atoms with Crippen molar-refractivity contribution in [1.82, 2.24) is 4.98 Å². The predicted octanol–water partition coefficient (Wildman–Crippen LogP) is 4.13. The molecule has 2 rings (SSSR count).